The normalized spacial score (nSPS) is 17.4. The van der Waals surface area contributed by atoms with Gasteiger partial charge in [-0.25, -0.2) is 8.42 Å². The maximum atomic E-state index is 12.8. The summed E-state index contributed by atoms with van der Waals surface area (Å²) in [6.45, 7) is -0.0251. The number of sulfonamides is 1. The largest absolute Gasteiger partial charge is 0.481 e. The van der Waals surface area contributed by atoms with Gasteiger partial charge in [0, 0.05) is 24.3 Å². The van der Waals surface area contributed by atoms with E-state index in [1.165, 1.54) is 35.2 Å². The first-order valence-corrected chi connectivity index (χ1v) is 9.79. The molecule has 3 rings (SSSR count). The second-order valence-corrected chi connectivity index (χ2v) is 8.10. The molecule has 7 nitrogen and oxygen atoms in total. The molecule has 29 heavy (non-hydrogen) atoms. The van der Waals surface area contributed by atoms with Crippen LogP contribution in [-0.2, 0) is 25.8 Å². The third-order valence-corrected chi connectivity index (χ3v) is 5.77. The van der Waals surface area contributed by atoms with Crippen LogP contribution >= 0.6 is 0 Å². The van der Waals surface area contributed by atoms with E-state index in [0.717, 1.165) is 12.1 Å². The summed E-state index contributed by atoms with van der Waals surface area (Å²) in [5, 5.41) is 9.02. The quantitative estimate of drug-likeness (QED) is 0.762. The molecule has 0 aromatic heterocycles. The van der Waals surface area contributed by atoms with Crippen molar-refractivity contribution in [2.45, 2.75) is 17.5 Å². The van der Waals surface area contributed by atoms with Gasteiger partial charge >= 0.3 is 12.1 Å². The van der Waals surface area contributed by atoms with Crippen molar-refractivity contribution >= 4 is 33.3 Å². The summed E-state index contributed by atoms with van der Waals surface area (Å²) in [5.74, 6) is -2.33. The van der Waals surface area contributed by atoms with Crippen LogP contribution in [0.4, 0.5) is 24.5 Å². The number of carbonyl (C=O) groups excluding carboxylic acids is 1. The van der Waals surface area contributed by atoms with Crippen LogP contribution in [0.5, 0.6) is 0 Å². The van der Waals surface area contributed by atoms with Crippen molar-refractivity contribution in [3.05, 3.63) is 54.1 Å². The molecule has 0 saturated carbocycles. The molecule has 2 aromatic rings. The van der Waals surface area contributed by atoms with Gasteiger partial charge in [0.25, 0.3) is 10.0 Å². The Balaban J connectivity index is 1.79. The Morgan fingerprint density at radius 2 is 1.79 bits per heavy atom. The van der Waals surface area contributed by atoms with Crippen LogP contribution < -0.4 is 9.62 Å². The molecule has 0 bridgehead atoms. The van der Waals surface area contributed by atoms with Crippen molar-refractivity contribution in [1.29, 1.82) is 0 Å². The highest BCUT2D eigenvalue weighted by Gasteiger charge is 2.35. The summed E-state index contributed by atoms with van der Waals surface area (Å²) in [6.07, 6.45) is -4.76. The lowest BCUT2D eigenvalue weighted by Gasteiger charge is -2.17. The summed E-state index contributed by atoms with van der Waals surface area (Å²) >= 11 is 0. The average Bonchev–Trinajstić information content (AvgIpc) is 3.03. The van der Waals surface area contributed by atoms with Gasteiger partial charge in [-0.2, -0.15) is 13.2 Å². The fourth-order valence-electron chi connectivity index (χ4n) is 2.90. The maximum Gasteiger partial charge on any atom is 0.416 e. The molecule has 1 atom stereocenters. The molecule has 1 aliphatic heterocycles. The molecule has 1 heterocycles. The predicted molar refractivity (Wildman–Crippen MR) is 96.8 cm³/mol. The first-order valence-electron chi connectivity index (χ1n) is 8.31. The number of hydrogen-bond acceptors (Lipinski definition) is 4. The maximum absolute atomic E-state index is 12.8. The van der Waals surface area contributed by atoms with Crippen molar-refractivity contribution in [3.63, 3.8) is 0 Å². The zero-order valence-electron chi connectivity index (χ0n) is 14.7. The minimum Gasteiger partial charge on any atom is -0.481 e. The molecule has 1 amide bonds. The topological polar surface area (TPSA) is 104 Å². The molecule has 1 fully saturated rings. The van der Waals surface area contributed by atoms with Gasteiger partial charge in [-0.15, -0.1) is 0 Å². The number of carboxylic acid groups (broad SMARTS) is 1. The molecule has 0 spiro atoms. The van der Waals surface area contributed by atoms with E-state index in [1.54, 1.807) is 0 Å². The number of hydrogen-bond donors (Lipinski definition) is 2. The highest BCUT2D eigenvalue weighted by atomic mass is 32.2. The fraction of sp³-hybridized carbons (Fsp3) is 0.222. The Hall–Kier alpha value is -3.08. The van der Waals surface area contributed by atoms with Gasteiger partial charge in [0.1, 0.15) is 0 Å². The molecule has 11 heteroatoms. The van der Waals surface area contributed by atoms with Gasteiger partial charge in [0.15, 0.2) is 0 Å². The number of nitrogens with zero attached hydrogens (tertiary/aromatic N) is 1. The minimum atomic E-state index is -4.61. The number of amides is 1. The zero-order chi connectivity index (χ0) is 21.4. The summed E-state index contributed by atoms with van der Waals surface area (Å²) in [5.41, 5.74) is -0.909. The lowest BCUT2D eigenvalue weighted by atomic mass is 10.1. The number of aliphatic carboxylic acids is 1. The first-order chi connectivity index (χ1) is 13.5. The number of anilines is 2. The van der Waals surface area contributed by atoms with Crippen LogP contribution in [0.15, 0.2) is 53.4 Å². The predicted octanol–water partition coefficient (Wildman–Crippen LogP) is 2.94. The second-order valence-electron chi connectivity index (χ2n) is 6.42. The summed E-state index contributed by atoms with van der Waals surface area (Å²) in [4.78, 5) is 24.0. The van der Waals surface area contributed by atoms with E-state index in [9.17, 15) is 31.2 Å². The van der Waals surface area contributed by atoms with E-state index in [0.29, 0.717) is 11.8 Å². The van der Waals surface area contributed by atoms with Crippen LogP contribution in [0, 0.1) is 5.92 Å². The van der Waals surface area contributed by atoms with Gasteiger partial charge in [-0.05, 0) is 42.5 Å². The van der Waals surface area contributed by atoms with E-state index < -0.39 is 39.6 Å². The third-order valence-electron chi connectivity index (χ3n) is 4.38. The lowest BCUT2D eigenvalue weighted by molar-refractivity contribution is -0.141. The summed E-state index contributed by atoms with van der Waals surface area (Å²) in [7, 11) is -4.17. The monoisotopic (exact) mass is 428 g/mol. The molecule has 2 N–H and O–H groups in total. The Bertz CT molecular complexity index is 1050. The van der Waals surface area contributed by atoms with Gasteiger partial charge in [-0.3, -0.25) is 14.3 Å². The molecule has 1 saturated heterocycles. The molecule has 154 valence electrons. The smallest absolute Gasteiger partial charge is 0.416 e. The third kappa shape index (κ3) is 4.50. The summed E-state index contributed by atoms with van der Waals surface area (Å²) in [6, 6.07) is 8.83. The van der Waals surface area contributed by atoms with Crippen molar-refractivity contribution in [2.24, 2.45) is 5.92 Å². The second kappa shape index (κ2) is 7.39. The number of benzene rings is 2. The number of carbonyl (C=O) groups is 2. The molecule has 2 aromatic carbocycles. The molecule has 1 aliphatic rings. The number of halogens is 3. The number of carboxylic acids is 1. The molecule has 0 radical (unpaired) electrons. The summed E-state index contributed by atoms with van der Waals surface area (Å²) < 4.78 is 65.3. The van der Waals surface area contributed by atoms with E-state index in [-0.39, 0.29) is 23.5 Å². The number of alkyl halides is 3. The lowest BCUT2D eigenvalue weighted by Crippen LogP contribution is -2.25. The van der Waals surface area contributed by atoms with E-state index in [2.05, 4.69) is 4.72 Å². The molecule has 0 aliphatic carbocycles. The minimum absolute atomic E-state index is 0.0251. The van der Waals surface area contributed by atoms with Crippen LogP contribution in [0.25, 0.3) is 0 Å². The van der Waals surface area contributed by atoms with Crippen LogP contribution in [0.2, 0.25) is 0 Å². The standard InChI is InChI=1S/C18H15F3N2O5S/c19-18(20,21)12-2-1-3-13(9-12)22-29(27,28)15-6-4-14(5-7-15)23-10-11(17(25)26)8-16(23)24/h1-7,9,11,22H,8,10H2,(H,25,26). The average molecular weight is 428 g/mol. The van der Waals surface area contributed by atoms with Crippen molar-refractivity contribution in [3.8, 4) is 0 Å². The van der Waals surface area contributed by atoms with Crippen LogP contribution in [0.1, 0.15) is 12.0 Å². The van der Waals surface area contributed by atoms with Gasteiger partial charge < -0.3 is 10.0 Å². The Labute approximate surface area is 163 Å². The van der Waals surface area contributed by atoms with Crippen LogP contribution in [0.3, 0.4) is 0 Å². The van der Waals surface area contributed by atoms with E-state index >= 15 is 0 Å². The van der Waals surface area contributed by atoms with Crippen LogP contribution in [-0.4, -0.2) is 31.9 Å². The zero-order valence-corrected chi connectivity index (χ0v) is 15.5. The molecule has 1 unspecified atom stereocenters. The fourth-order valence-corrected chi connectivity index (χ4v) is 3.95. The van der Waals surface area contributed by atoms with Crippen molar-refractivity contribution < 1.29 is 36.3 Å². The Morgan fingerprint density at radius 3 is 2.34 bits per heavy atom. The van der Waals surface area contributed by atoms with Crippen molar-refractivity contribution in [2.75, 3.05) is 16.2 Å². The number of nitrogens with one attached hydrogen (secondary N) is 1. The van der Waals surface area contributed by atoms with Gasteiger partial charge in [0.2, 0.25) is 5.91 Å². The van der Waals surface area contributed by atoms with E-state index in [4.69, 9.17) is 5.11 Å². The first kappa shape index (κ1) is 20.6. The molecular formula is C18H15F3N2O5S. The van der Waals surface area contributed by atoms with Crippen molar-refractivity contribution in [1.82, 2.24) is 0 Å². The highest BCUT2D eigenvalue weighted by molar-refractivity contribution is 7.92. The highest BCUT2D eigenvalue weighted by Crippen LogP contribution is 2.31. The van der Waals surface area contributed by atoms with Gasteiger partial charge in [0.05, 0.1) is 16.4 Å². The SMILES string of the molecule is O=C(O)C1CC(=O)N(c2ccc(S(=O)(=O)Nc3cccc(C(F)(F)F)c3)cc2)C1. The Kier molecular flexibility index (Phi) is 5.26. The molecular weight excluding hydrogens is 413 g/mol. The number of rotatable bonds is 5. The Morgan fingerprint density at radius 1 is 1.14 bits per heavy atom. The van der Waals surface area contributed by atoms with Gasteiger partial charge in [-0.1, -0.05) is 6.07 Å². The van der Waals surface area contributed by atoms with E-state index in [1.807, 2.05) is 0 Å².